The van der Waals surface area contributed by atoms with Crippen molar-refractivity contribution in [3.05, 3.63) is 29.6 Å². The maximum atomic E-state index is 9.06. The first kappa shape index (κ1) is 12.1. The molecule has 0 aliphatic heterocycles. The molecule has 0 fully saturated rings. The maximum Gasteiger partial charge on any atom is 0.106 e. The van der Waals surface area contributed by atoms with E-state index in [0.717, 1.165) is 16.9 Å². The first-order chi connectivity index (χ1) is 7.93. The van der Waals surface area contributed by atoms with Crippen LogP contribution in [0, 0.1) is 6.92 Å². The third-order valence-electron chi connectivity index (χ3n) is 3.13. The molecule has 0 radical (unpaired) electrons. The normalized spacial score (nSPS) is 12.3. The number of hydrogen-bond donors (Lipinski definition) is 1. The Balaban J connectivity index is 2.58. The number of fused-ring (bicyclic) bond motifs is 1. The van der Waals surface area contributed by atoms with Crippen molar-refractivity contribution >= 4 is 11.0 Å². The topological polar surface area (TPSA) is 38.0 Å². The van der Waals surface area contributed by atoms with Crippen LogP contribution in [0.4, 0.5) is 0 Å². The predicted molar refractivity (Wildman–Crippen MR) is 70.3 cm³/mol. The third kappa shape index (κ3) is 2.20. The van der Waals surface area contributed by atoms with Crippen LogP contribution >= 0.6 is 0 Å². The molecule has 3 heteroatoms. The summed E-state index contributed by atoms with van der Waals surface area (Å²) in [6, 6.07) is 6.40. The van der Waals surface area contributed by atoms with Crippen molar-refractivity contribution in [2.24, 2.45) is 0 Å². The van der Waals surface area contributed by atoms with E-state index in [1.807, 2.05) is 6.92 Å². The monoisotopic (exact) mass is 232 g/mol. The van der Waals surface area contributed by atoms with Gasteiger partial charge in [-0.2, -0.15) is 0 Å². The Bertz CT molecular complexity index is 535. The molecular formula is C14H20N2O. The molecule has 0 aliphatic carbocycles. The Hall–Kier alpha value is -1.35. The lowest BCUT2D eigenvalue weighted by Crippen LogP contribution is -2.10. The second-order valence-electron chi connectivity index (χ2n) is 5.49. The van der Waals surface area contributed by atoms with Gasteiger partial charge in [0.25, 0.3) is 0 Å². The highest BCUT2D eigenvalue weighted by atomic mass is 16.3. The quantitative estimate of drug-likeness (QED) is 0.864. The Morgan fingerprint density at radius 1 is 1.29 bits per heavy atom. The minimum Gasteiger partial charge on any atom is -0.395 e. The van der Waals surface area contributed by atoms with Crippen molar-refractivity contribution in [2.45, 2.75) is 39.7 Å². The molecule has 0 saturated heterocycles. The molecule has 0 unspecified atom stereocenters. The van der Waals surface area contributed by atoms with Gasteiger partial charge in [0, 0.05) is 6.54 Å². The summed E-state index contributed by atoms with van der Waals surface area (Å²) < 4.78 is 2.06. The summed E-state index contributed by atoms with van der Waals surface area (Å²) in [7, 11) is 0. The number of rotatable bonds is 2. The van der Waals surface area contributed by atoms with E-state index in [9.17, 15) is 0 Å². The molecule has 1 aromatic carbocycles. The molecule has 0 spiro atoms. The van der Waals surface area contributed by atoms with Crippen molar-refractivity contribution in [2.75, 3.05) is 6.61 Å². The number of aliphatic hydroxyl groups is 1. The van der Waals surface area contributed by atoms with Crippen molar-refractivity contribution in [3.8, 4) is 0 Å². The Kier molecular flexibility index (Phi) is 2.96. The third-order valence-corrected chi connectivity index (χ3v) is 3.13. The van der Waals surface area contributed by atoms with Gasteiger partial charge in [-0.05, 0) is 30.0 Å². The average Bonchev–Trinajstić information content (AvgIpc) is 2.54. The molecular weight excluding hydrogens is 212 g/mol. The van der Waals surface area contributed by atoms with E-state index in [1.165, 1.54) is 5.56 Å². The SMILES string of the molecule is Cc1nc2cc(C(C)(C)C)ccc2n1CCO. The number of aryl methyl sites for hydroxylation is 1. The first-order valence-electron chi connectivity index (χ1n) is 6.01. The van der Waals surface area contributed by atoms with Crippen molar-refractivity contribution in [1.29, 1.82) is 0 Å². The molecule has 0 atom stereocenters. The zero-order valence-corrected chi connectivity index (χ0v) is 11.0. The van der Waals surface area contributed by atoms with Crippen LogP contribution in [0.15, 0.2) is 18.2 Å². The number of aliphatic hydroxyl groups excluding tert-OH is 1. The van der Waals surface area contributed by atoms with Gasteiger partial charge in [-0.15, -0.1) is 0 Å². The standard InChI is InChI=1S/C14H20N2O/c1-10-15-12-9-11(14(2,3)4)5-6-13(12)16(10)7-8-17/h5-6,9,17H,7-8H2,1-4H3. The molecule has 2 aromatic rings. The van der Waals surface area contributed by atoms with Gasteiger partial charge >= 0.3 is 0 Å². The molecule has 0 bridgehead atoms. The molecule has 3 nitrogen and oxygen atoms in total. The number of aromatic nitrogens is 2. The number of hydrogen-bond acceptors (Lipinski definition) is 2. The second kappa shape index (κ2) is 4.15. The van der Waals surface area contributed by atoms with Crippen molar-refractivity contribution < 1.29 is 5.11 Å². The van der Waals surface area contributed by atoms with Gasteiger partial charge < -0.3 is 9.67 Å². The van der Waals surface area contributed by atoms with Gasteiger partial charge in [-0.1, -0.05) is 26.8 Å². The zero-order chi connectivity index (χ0) is 12.6. The van der Waals surface area contributed by atoms with Crippen LogP contribution in [-0.2, 0) is 12.0 Å². The van der Waals surface area contributed by atoms with Gasteiger partial charge in [0.2, 0.25) is 0 Å². The summed E-state index contributed by atoms with van der Waals surface area (Å²) in [5, 5.41) is 9.06. The summed E-state index contributed by atoms with van der Waals surface area (Å²) >= 11 is 0. The number of nitrogens with zero attached hydrogens (tertiary/aromatic N) is 2. The van der Waals surface area contributed by atoms with Gasteiger partial charge in [-0.25, -0.2) is 4.98 Å². The van der Waals surface area contributed by atoms with E-state index in [-0.39, 0.29) is 12.0 Å². The van der Waals surface area contributed by atoms with E-state index in [0.29, 0.717) is 6.54 Å². The lowest BCUT2D eigenvalue weighted by atomic mass is 9.87. The zero-order valence-electron chi connectivity index (χ0n) is 11.0. The predicted octanol–water partition coefficient (Wildman–Crippen LogP) is 2.63. The number of benzene rings is 1. The van der Waals surface area contributed by atoms with E-state index >= 15 is 0 Å². The van der Waals surface area contributed by atoms with Crippen LogP contribution in [0.2, 0.25) is 0 Å². The highest BCUT2D eigenvalue weighted by Crippen LogP contribution is 2.26. The highest BCUT2D eigenvalue weighted by Gasteiger charge is 2.15. The molecule has 17 heavy (non-hydrogen) atoms. The first-order valence-corrected chi connectivity index (χ1v) is 6.01. The lowest BCUT2D eigenvalue weighted by molar-refractivity contribution is 0.276. The smallest absolute Gasteiger partial charge is 0.106 e. The highest BCUT2D eigenvalue weighted by molar-refractivity contribution is 5.77. The van der Waals surface area contributed by atoms with Gasteiger partial charge in [0.15, 0.2) is 0 Å². The van der Waals surface area contributed by atoms with Crippen molar-refractivity contribution in [1.82, 2.24) is 9.55 Å². The van der Waals surface area contributed by atoms with E-state index in [2.05, 4.69) is 48.5 Å². The van der Waals surface area contributed by atoms with Crippen LogP contribution in [0.1, 0.15) is 32.2 Å². The summed E-state index contributed by atoms with van der Waals surface area (Å²) in [6.07, 6.45) is 0. The Morgan fingerprint density at radius 2 is 2.00 bits per heavy atom. The molecule has 1 heterocycles. The molecule has 2 rings (SSSR count). The Morgan fingerprint density at radius 3 is 2.59 bits per heavy atom. The van der Waals surface area contributed by atoms with E-state index < -0.39 is 0 Å². The maximum absolute atomic E-state index is 9.06. The summed E-state index contributed by atoms with van der Waals surface area (Å²) in [6.45, 7) is 9.33. The molecule has 92 valence electrons. The van der Waals surface area contributed by atoms with Crippen LogP contribution in [0.5, 0.6) is 0 Å². The van der Waals surface area contributed by atoms with E-state index in [4.69, 9.17) is 5.11 Å². The fraction of sp³-hybridized carbons (Fsp3) is 0.500. The summed E-state index contributed by atoms with van der Waals surface area (Å²) in [5.41, 5.74) is 3.55. The van der Waals surface area contributed by atoms with Crippen LogP contribution in [0.25, 0.3) is 11.0 Å². The molecule has 0 saturated carbocycles. The van der Waals surface area contributed by atoms with Gasteiger partial charge in [0.1, 0.15) is 5.82 Å². The van der Waals surface area contributed by atoms with Crippen LogP contribution in [0.3, 0.4) is 0 Å². The molecule has 1 N–H and O–H groups in total. The molecule has 1 aromatic heterocycles. The second-order valence-corrected chi connectivity index (χ2v) is 5.49. The summed E-state index contributed by atoms with van der Waals surface area (Å²) in [5.74, 6) is 0.958. The minimum absolute atomic E-state index is 0.142. The largest absolute Gasteiger partial charge is 0.395 e. The van der Waals surface area contributed by atoms with E-state index in [1.54, 1.807) is 0 Å². The van der Waals surface area contributed by atoms with Crippen LogP contribution < -0.4 is 0 Å². The summed E-state index contributed by atoms with van der Waals surface area (Å²) in [4.78, 5) is 4.56. The average molecular weight is 232 g/mol. The minimum atomic E-state index is 0.142. The van der Waals surface area contributed by atoms with Gasteiger partial charge in [0.05, 0.1) is 17.6 Å². The Labute approximate surface area is 102 Å². The fourth-order valence-corrected chi connectivity index (χ4v) is 2.10. The lowest BCUT2D eigenvalue weighted by Gasteiger charge is -2.18. The molecule has 0 amide bonds. The van der Waals surface area contributed by atoms with Gasteiger partial charge in [-0.3, -0.25) is 0 Å². The van der Waals surface area contributed by atoms with Crippen molar-refractivity contribution in [3.63, 3.8) is 0 Å². The fourth-order valence-electron chi connectivity index (χ4n) is 2.10. The van der Waals surface area contributed by atoms with Crippen LogP contribution in [-0.4, -0.2) is 21.3 Å². The molecule has 0 aliphatic rings. The number of imidazole rings is 1.